The van der Waals surface area contributed by atoms with E-state index >= 15 is 0 Å². The highest BCUT2D eigenvalue weighted by molar-refractivity contribution is 5.38. The van der Waals surface area contributed by atoms with Gasteiger partial charge in [0.25, 0.3) is 0 Å². The Bertz CT molecular complexity index is 471. The lowest BCUT2D eigenvalue weighted by atomic mass is 10.1. The first-order valence-electron chi connectivity index (χ1n) is 4.99. The lowest BCUT2D eigenvalue weighted by Crippen LogP contribution is -2.02. The Morgan fingerprint density at radius 2 is 2.00 bits per heavy atom. The highest BCUT2D eigenvalue weighted by atomic mass is 19.1. The Labute approximate surface area is 93.4 Å². The number of rotatable bonds is 3. The van der Waals surface area contributed by atoms with Crippen LogP contribution in [0.15, 0.2) is 36.9 Å². The van der Waals surface area contributed by atoms with E-state index in [9.17, 15) is 4.39 Å². The maximum absolute atomic E-state index is 13.4. The smallest absolute Gasteiger partial charge is 0.128 e. The van der Waals surface area contributed by atoms with Crippen LogP contribution in [-0.4, -0.2) is 9.97 Å². The minimum atomic E-state index is -0.199. The van der Waals surface area contributed by atoms with Gasteiger partial charge in [-0.15, -0.1) is 0 Å². The van der Waals surface area contributed by atoms with Crippen LogP contribution in [0.25, 0.3) is 0 Å². The Morgan fingerprint density at radius 3 is 2.75 bits per heavy atom. The van der Waals surface area contributed by atoms with Gasteiger partial charge in [-0.1, -0.05) is 17.7 Å². The van der Waals surface area contributed by atoms with Gasteiger partial charge in [0, 0.05) is 12.1 Å². The zero-order chi connectivity index (χ0) is 11.4. The molecular weight excluding hydrogens is 205 g/mol. The number of hydrogen-bond acceptors (Lipinski definition) is 3. The predicted octanol–water partition coefficient (Wildman–Crippen LogP) is 2.54. The quantitative estimate of drug-likeness (QED) is 0.858. The number of halogens is 1. The van der Waals surface area contributed by atoms with Gasteiger partial charge in [-0.3, -0.25) is 0 Å². The molecule has 0 amide bonds. The zero-order valence-corrected chi connectivity index (χ0v) is 8.94. The Morgan fingerprint density at radius 1 is 1.25 bits per heavy atom. The van der Waals surface area contributed by atoms with Gasteiger partial charge in [0.05, 0.1) is 18.1 Å². The predicted molar refractivity (Wildman–Crippen MR) is 60.5 cm³/mol. The number of nitrogens with one attached hydrogen (secondary N) is 1. The van der Waals surface area contributed by atoms with Gasteiger partial charge in [-0.2, -0.15) is 0 Å². The molecule has 3 nitrogen and oxygen atoms in total. The number of aromatic nitrogens is 2. The molecule has 1 heterocycles. The molecule has 0 spiro atoms. The number of hydrogen-bond donors (Lipinski definition) is 1. The summed E-state index contributed by atoms with van der Waals surface area (Å²) in [6, 6.07) is 5.06. The molecule has 0 saturated heterocycles. The first-order valence-corrected chi connectivity index (χ1v) is 4.99. The molecule has 0 atom stereocenters. The second-order valence-corrected chi connectivity index (χ2v) is 3.58. The monoisotopic (exact) mass is 217 g/mol. The summed E-state index contributed by atoms with van der Waals surface area (Å²) < 4.78 is 13.4. The summed E-state index contributed by atoms with van der Waals surface area (Å²) in [4.78, 5) is 7.74. The van der Waals surface area contributed by atoms with E-state index in [1.807, 2.05) is 13.0 Å². The third kappa shape index (κ3) is 2.53. The standard InChI is InChI=1S/C12H12FN3/c1-9-2-3-12(13)10(4-9)5-16-11-6-14-8-15-7-11/h2-4,6-8,16H,5H2,1H3. The summed E-state index contributed by atoms with van der Waals surface area (Å²) in [5.74, 6) is -0.199. The van der Waals surface area contributed by atoms with Crippen LogP contribution < -0.4 is 5.32 Å². The average molecular weight is 217 g/mol. The van der Waals surface area contributed by atoms with Gasteiger partial charge >= 0.3 is 0 Å². The van der Waals surface area contributed by atoms with Crippen molar-refractivity contribution in [1.29, 1.82) is 0 Å². The number of anilines is 1. The van der Waals surface area contributed by atoms with Crippen LogP contribution in [0.2, 0.25) is 0 Å². The largest absolute Gasteiger partial charge is 0.378 e. The molecule has 16 heavy (non-hydrogen) atoms. The van der Waals surface area contributed by atoms with Crippen LogP contribution in [0.5, 0.6) is 0 Å². The zero-order valence-electron chi connectivity index (χ0n) is 8.94. The van der Waals surface area contributed by atoms with E-state index in [1.54, 1.807) is 18.5 Å². The molecule has 1 N–H and O–H groups in total. The average Bonchev–Trinajstić information content (AvgIpc) is 2.32. The van der Waals surface area contributed by atoms with E-state index in [0.29, 0.717) is 12.1 Å². The lowest BCUT2D eigenvalue weighted by molar-refractivity contribution is 0.612. The molecule has 0 unspecified atom stereocenters. The molecule has 1 aromatic carbocycles. The summed E-state index contributed by atoms with van der Waals surface area (Å²) in [5.41, 5.74) is 2.47. The fourth-order valence-corrected chi connectivity index (χ4v) is 1.43. The molecule has 0 saturated carbocycles. The van der Waals surface area contributed by atoms with Crippen molar-refractivity contribution in [1.82, 2.24) is 9.97 Å². The van der Waals surface area contributed by atoms with E-state index in [1.165, 1.54) is 12.4 Å². The first kappa shape index (κ1) is 10.5. The normalized spacial score (nSPS) is 10.1. The molecule has 2 aromatic rings. The summed E-state index contributed by atoms with van der Waals surface area (Å²) in [6.45, 7) is 2.37. The van der Waals surface area contributed by atoms with Crippen LogP contribution in [0.3, 0.4) is 0 Å². The van der Waals surface area contributed by atoms with Gasteiger partial charge in [0.1, 0.15) is 12.1 Å². The molecule has 82 valence electrons. The molecule has 0 bridgehead atoms. The van der Waals surface area contributed by atoms with Crippen LogP contribution in [0.4, 0.5) is 10.1 Å². The number of aryl methyl sites for hydroxylation is 1. The minimum absolute atomic E-state index is 0.199. The van der Waals surface area contributed by atoms with Gasteiger partial charge in [0.15, 0.2) is 0 Å². The van der Waals surface area contributed by atoms with Crippen LogP contribution in [0, 0.1) is 12.7 Å². The lowest BCUT2D eigenvalue weighted by Gasteiger charge is -2.07. The first-order chi connectivity index (χ1) is 7.75. The van der Waals surface area contributed by atoms with Crippen molar-refractivity contribution in [2.45, 2.75) is 13.5 Å². The van der Waals surface area contributed by atoms with Crippen molar-refractivity contribution in [3.05, 3.63) is 53.9 Å². The van der Waals surface area contributed by atoms with Crippen molar-refractivity contribution in [3.63, 3.8) is 0 Å². The Balaban J connectivity index is 2.08. The van der Waals surface area contributed by atoms with Gasteiger partial charge in [-0.25, -0.2) is 14.4 Å². The molecule has 0 aliphatic heterocycles. The van der Waals surface area contributed by atoms with E-state index < -0.39 is 0 Å². The molecule has 0 fully saturated rings. The molecule has 0 radical (unpaired) electrons. The van der Waals surface area contributed by atoms with Gasteiger partial charge in [0.2, 0.25) is 0 Å². The molecule has 2 rings (SSSR count). The molecule has 4 heteroatoms. The topological polar surface area (TPSA) is 37.8 Å². The third-order valence-electron chi connectivity index (χ3n) is 2.24. The summed E-state index contributed by atoms with van der Waals surface area (Å²) in [5, 5.41) is 3.06. The Hall–Kier alpha value is -1.97. The fraction of sp³-hybridized carbons (Fsp3) is 0.167. The van der Waals surface area contributed by atoms with E-state index in [-0.39, 0.29) is 5.82 Å². The maximum Gasteiger partial charge on any atom is 0.128 e. The highest BCUT2D eigenvalue weighted by Gasteiger charge is 2.01. The van der Waals surface area contributed by atoms with E-state index in [2.05, 4.69) is 15.3 Å². The molecule has 0 aliphatic carbocycles. The fourth-order valence-electron chi connectivity index (χ4n) is 1.43. The van der Waals surface area contributed by atoms with Crippen molar-refractivity contribution in [2.24, 2.45) is 0 Å². The minimum Gasteiger partial charge on any atom is -0.378 e. The molecule has 1 aromatic heterocycles. The van der Waals surface area contributed by atoms with Gasteiger partial charge < -0.3 is 5.32 Å². The van der Waals surface area contributed by atoms with E-state index in [0.717, 1.165) is 11.3 Å². The van der Waals surface area contributed by atoms with E-state index in [4.69, 9.17) is 0 Å². The highest BCUT2D eigenvalue weighted by Crippen LogP contribution is 2.12. The summed E-state index contributed by atoms with van der Waals surface area (Å²) in [7, 11) is 0. The summed E-state index contributed by atoms with van der Waals surface area (Å²) in [6.07, 6.45) is 4.76. The number of nitrogens with zero attached hydrogens (tertiary/aromatic N) is 2. The SMILES string of the molecule is Cc1ccc(F)c(CNc2cncnc2)c1. The van der Waals surface area contributed by atoms with Crippen LogP contribution >= 0.6 is 0 Å². The van der Waals surface area contributed by atoms with Crippen molar-refractivity contribution in [3.8, 4) is 0 Å². The van der Waals surface area contributed by atoms with Crippen LogP contribution in [-0.2, 0) is 6.54 Å². The summed E-state index contributed by atoms with van der Waals surface area (Å²) >= 11 is 0. The second kappa shape index (κ2) is 4.70. The van der Waals surface area contributed by atoms with Gasteiger partial charge in [-0.05, 0) is 13.0 Å². The third-order valence-corrected chi connectivity index (χ3v) is 2.24. The maximum atomic E-state index is 13.4. The van der Waals surface area contributed by atoms with Crippen molar-refractivity contribution in [2.75, 3.05) is 5.32 Å². The second-order valence-electron chi connectivity index (χ2n) is 3.58. The van der Waals surface area contributed by atoms with Crippen molar-refractivity contribution < 1.29 is 4.39 Å². The Kier molecular flexibility index (Phi) is 3.10. The van der Waals surface area contributed by atoms with Crippen molar-refractivity contribution >= 4 is 5.69 Å². The number of benzene rings is 1. The molecular formula is C12H12FN3. The molecule has 0 aliphatic rings. The van der Waals surface area contributed by atoms with Crippen LogP contribution in [0.1, 0.15) is 11.1 Å².